The third-order valence-corrected chi connectivity index (χ3v) is 5.47. The topological polar surface area (TPSA) is 45.9 Å². The summed E-state index contributed by atoms with van der Waals surface area (Å²) >= 11 is 0. The first-order valence-corrected chi connectivity index (χ1v) is 10.1. The largest absolute Gasteiger partial charge is 0.359 e. The van der Waals surface area contributed by atoms with Crippen LogP contribution in [0.25, 0.3) is 22.5 Å². The maximum absolute atomic E-state index is 13.3. The minimum absolute atomic E-state index is 0.0438. The van der Waals surface area contributed by atoms with Crippen molar-refractivity contribution < 1.29 is 9.36 Å². The van der Waals surface area contributed by atoms with E-state index in [0.717, 1.165) is 33.9 Å². The van der Waals surface area contributed by atoms with E-state index in [4.69, 9.17) is 4.98 Å². The van der Waals surface area contributed by atoms with Gasteiger partial charge in [0.15, 0.2) is 11.7 Å². The van der Waals surface area contributed by atoms with Crippen LogP contribution in [0.5, 0.6) is 0 Å². The lowest BCUT2D eigenvalue weighted by Gasteiger charge is -2.07. The van der Waals surface area contributed by atoms with Gasteiger partial charge < -0.3 is 0 Å². The van der Waals surface area contributed by atoms with Gasteiger partial charge in [-0.25, -0.2) is 9.78 Å². The summed E-state index contributed by atoms with van der Waals surface area (Å²) in [6.45, 7) is 2.07. The standard InChI is InChI=1S/C26H21N3O/c1-18-12-14-19(15-13-18)16-22-26(30)29-17-23(20-8-4-2-5-9-20)27-24(25(29)28-22)21-10-6-3-7-11-21/h2-15,17,22H,16H2,1H3/p+1. The monoisotopic (exact) mass is 392 g/mol. The molecule has 4 aromatic rings. The second-order valence-corrected chi connectivity index (χ2v) is 7.65. The number of benzene rings is 3. The molecule has 1 aromatic heterocycles. The van der Waals surface area contributed by atoms with Crippen molar-refractivity contribution in [1.29, 1.82) is 0 Å². The summed E-state index contributed by atoms with van der Waals surface area (Å²) in [5.74, 6) is 0.797. The zero-order valence-corrected chi connectivity index (χ0v) is 16.7. The minimum Gasteiger partial charge on any atom is -0.257 e. The summed E-state index contributed by atoms with van der Waals surface area (Å²) in [6.07, 6.45) is 2.48. The third-order valence-electron chi connectivity index (χ3n) is 5.47. The van der Waals surface area contributed by atoms with Gasteiger partial charge in [0.25, 0.3) is 0 Å². The quantitative estimate of drug-likeness (QED) is 0.513. The SMILES string of the molecule is Cc1ccc(CC2Nc3c(-c4ccccc4)nc(-c4ccccc4)c[n+]3C2=O)cc1. The van der Waals surface area contributed by atoms with Crippen LogP contribution in [0.1, 0.15) is 15.9 Å². The first kappa shape index (κ1) is 18.3. The molecule has 3 aromatic carbocycles. The van der Waals surface area contributed by atoms with Crippen LogP contribution in [-0.4, -0.2) is 16.9 Å². The van der Waals surface area contributed by atoms with Crippen molar-refractivity contribution in [3.8, 4) is 22.5 Å². The normalized spacial score (nSPS) is 15.0. The van der Waals surface area contributed by atoms with Gasteiger partial charge in [0.1, 0.15) is 11.9 Å². The Morgan fingerprint density at radius 1 is 0.867 bits per heavy atom. The molecule has 146 valence electrons. The molecule has 0 saturated heterocycles. The maximum Gasteiger partial charge on any atom is 0.359 e. The number of hydrogen-bond donors (Lipinski definition) is 1. The van der Waals surface area contributed by atoms with E-state index in [1.807, 2.05) is 66.9 Å². The van der Waals surface area contributed by atoms with Crippen LogP contribution >= 0.6 is 0 Å². The Morgan fingerprint density at radius 3 is 2.17 bits per heavy atom. The third kappa shape index (κ3) is 3.37. The average molecular weight is 392 g/mol. The molecular weight excluding hydrogens is 370 g/mol. The maximum atomic E-state index is 13.3. The van der Waals surface area contributed by atoms with Crippen molar-refractivity contribution in [1.82, 2.24) is 4.98 Å². The fourth-order valence-corrected chi connectivity index (χ4v) is 3.85. The van der Waals surface area contributed by atoms with E-state index in [1.165, 1.54) is 5.56 Å². The predicted molar refractivity (Wildman–Crippen MR) is 118 cm³/mol. The Labute approximate surface area is 175 Å². The van der Waals surface area contributed by atoms with Gasteiger partial charge in [-0.1, -0.05) is 90.5 Å². The Bertz CT molecular complexity index is 1200. The molecule has 0 spiro atoms. The van der Waals surface area contributed by atoms with Gasteiger partial charge in [-0.2, -0.15) is 4.57 Å². The molecule has 0 aliphatic carbocycles. The molecule has 30 heavy (non-hydrogen) atoms. The summed E-state index contributed by atoms with van der Waals surface area (Å²) in [4.78, 5) is 18.2. The smallest absolute Gasteiger partial charge is 0.257 e. The molecule has 0 amide bonds. The number of anilines is 1. The second kappa shape index (κ2) is 7.56. The molecule has 2 heterocycles. The molecule has 1 aliphatic rings. The number of fused-ring (bicyclic) bond motifs is 1. The van der Waals surface area contributed by atoms with Crippen molar-refractivity contribution in [3.63, 3.8) is 0 Å². The van der Waals surface area contributed by atoms with Gasteiger partial charge in [-0.05, 0) is 12.5 Å². The van der Waals surface area contributed by atoms with Crippen molar-refractivity contribution in [2.45, 2.75) is 19.4 Å². The highest BCUT2D eigenvalue weighted by molar-refractivity contribution is 5.86. The number of aromatic nitrogens is 2. The number of carbonyl (C=O) groups excluding carboxylic acids is 1. The Hall–Kier alpha value is -3.79. The first-order valence-electron chi connectivity index (χ1n) is 10.1. The van der Waals surface area contributed by atoms with Gasteiger partial charge in [0, 0.05) is 17.5 Å². The molecule has 5 rings (SSSR count). The zero-order valence-electron chi connectivity index (χ0n) is 16.7. The summed E-state index contributed by atoms with van der Waals surface area (Å²) in [5.41, 5.74) is 5.89. The molecule has 0 radical (unpaired) electrons. The van der Waals surface area contributed by atoms with Crippen molar-refractivity contribution in [2.75, 3.05) is 5.32 Å². The number of hydrogen-bond acceptors (Lipinski definition) is 3. The Balaban J connectivity index is 1.59. The predicted octanol–water partition coefficient (Wildman–Crippen LogP) is 4.69. The molecule has 1 atom stereocenters. The highest BCUT2D eigenvalue weighted by Gasteiger charge is 2.41. The molecule has 0 fully saturated rings. The lowest BCUT2D eigenvalue weighted by molar-refractivity contribution is -0.551. The van der Waals surface area contributed by atoms with Crippen LogP contribution in [-0.2, 0) is 6.42 Å². The molecule has 0 bridgehead atoms. The molecular formula is C26H22N3O+. The van der Waals surface area contributed by atoms with Gasteiger partial charge in [-0.3, -0.25) is 5.32 Å². The molecule has 1 N–H and O–H groups in total. The summed E-state index contributed by atoms with van der Waals surface area (Å²) in [7, 11) is 0. The van der Waals surface area contributed by atoms with Gasteiger partial charge in [0.05, 0.1) is 0 Å². The lowest BCUT2D eigenvalue weighted by Crippen LogP contribution is -2.43. The number of nitrogens with one attached hydrogen (secondary N) is 1. The van der Waals surface area contributed by atoms with Crippen molar-refractivity contribution in [3.05, 3.63) is 102 Å². The second-order valence-electron chi connectivity index (χ2n) is 7.65. The van der Waals surface area contributed by atoms with E-state index < -0.39 is 0 Å². The van der Waals surface area contributed by atoms with Gasteiger partial charge in [0.2, 0.25) is 0 Å². The molecule has 4 heteroatoms. The Kier molecular flexibility index (Phi) is 4.60. The fraction of sp³-hybridized carbons (Fsp3) is 0.115. The van der Waals surface area contributed by atoms with E-state index >= 15 is 0 Å². The highest BCUT2D eigenvalue weighted by Crippen LogP contribution is 2.29. The average Bonchev–Trinajstić information content (AvgIpc) is 3.11. The number of carbonyl (C=O) groups is 1. The van der Waals surface area contributed by atoms with E-state index in [0.29, 0.717) is 6.42 Å². The fourth-order valence-electron chi connectivity index (χ4n) is 3.85. The van der Waals surface area contributed by atoms with E-state index in [-0.39, 0.29) is 11.9 Å². The van der Waals surface area contributed by atoms with Crippen LogP contribution < -0.4 is 9.88 Å². The summed E-state index contributed by atoms with van der Waals surface area (Å²) < 4.78 is 1.73. The van der Waals surface area contributed by atoms with Gasteiger partial charge in [-0.15, -0.1) is 0 Å². The van der Waals surface area contributed by atoms with E-state index in [2.05, 4.69) is 36.5 Å². The first-order chi connectivity index (χ1) is 14.7. The number of aryl methyl sites for hydroxylation is 1. The molecule has 1 unspecified atom stereocenters. The number of nitrogens with zero attached hydrogens (tertiary/aromatic N) is 2. The molecule has 1 aliphatic heterocycles. The number of rotatable bonds is 4. The van der Waals surface area contributed by atoms with Crippen LogP contribution in [0.15, 0.2) is 91.1 Å². The van der Waals surface area contributed by atoms with Crippen molar-refractivity contribution in [2.24, 2.45) is 0 Å². The van der Waals surface area contributed by atoms with Crippen LogP contribution in [0.3, 0.4) is 0 Å². The van der Waals surface area contributed by atoms with Crippen LogP contribution in [0.2, 0.25) is 0 Å². The van der Waals surface area contributed by atoms with Crippen LogP contribution in [0.4, 0.5) is 5.82 Å². The molecule has 4 nitrogen and oxygen atoms in total. The lowest BCUT2D eigenvalue weighted by atomic mass is 10.0. The molecule has 0 saturated carbocycles. The Morgan fingerprint density at radius 2 is 1.50 bits per heavy atom. The summed E-state index contributed by atoms with van der Waals surface area (Å²) in [5, 5.41) is 3.44. The van der Waals surface area contributed by atoms with E-state index in [9.17, 15) is 4.79 Å². The zero-order chi connectivity index (χ0) is 20.5. The summed E-state index contributed by atoms with van der Waals surface area (Å²) in [6, 6.07) is 28.0. The minimum atomic E-state index is -0.317. The van der Waals surface area contributed by atoms with Gasteiger partial charge >= 0.3 is 11.7 Å². The highest BCUT2D eigenvalue weighted by atomic mass is 16.2. The van der Waals surface area contributed by atoms with Crippen LogP contribution in [0, 0.1) is 6.92 Å². The van der Waals surface area contributed by atoms with Crippen molar-refractivity contribution >= 4 is 11.7 Å². The van der Waals surface area contributed by atoms with E-state index in [1.54, 1.807) is 4.57 Å².